The number of aryl methyl sites for hydroxylation is 1. The van der Waals surface area contributed by atoms with Crippen molar-refractivity contribution < 1.29 is 14.3 Å². The SMILES string of the molecule is COc1ccc(NC(C)=O)c(NC(=O)CSc2nncn2-c2ccc(C)cc2)c1. The van der Waals surface area contributed by atoms with Crippen LogP contribution >= 0.6 is 11.8 Å². The first kappa shape index (κ1) is 20.4. The number of nitrogens with one attached hydrogen (secondary N) is 2. The summed E-state index contributed by atoms with van der Waals surface area (Å²) >= 11 is 1.27. The number of rotatable bonds is 7. The summed E-state index contributed by atoms with van der Waals surface area (Å²) in [4.78, 5) is 23.9. The molecule has 0 atom stereocenters. The monoisotopic (exact) mass is 411 g/mol. The van der Waals surface area contributed by atoms with E-state index in [2.05, 4.69) is 20.8 Å². The molecular formula is C20H21N5O3S. The third kappa shape index (κ3) is 5.35. The predicted octanol–water partition coefficient (Wildman–Crippen LogP) is 3.27. The fourth-order valence-corrected chi connectivity index (χ4v) is 3.30. The number of carbonyl (C=O) groups is 2. The highest BCUT2D eigenvalue weighted by atomic mass is 32.2. The predicted molar refractivity (Wildman–Crippen MR) is 113 cm³/mol. The quantitative estimate of drug-likeness (QED) is 0.579. The molecule has 3 aromatic rings. The first-order valence-electron chi connectivity index (χ1n) is 8.81. The molecule has 9 heteroatoms. The number of hydrogen-bond acceptors (Lipinski definition) is 6. The highest BCUT2D eigenvalue weighted by Gasteiger charge is 2.13. The highest BCUT2D eigenvalue weighted by molar-refractivity contribution is 7.99. The molecule has 0 aliphatic heterocycles. The van der Waals surface area contributed by atoms with Crippen molar-refractivity contribution in [3.63, 3.8) is 0 Å². The molecular weight excluding hydrogens is 390 g/mol. The zero-order chi connectivity index (χ0) is 20.8. The molecule has 2 N–H and O–H groups in total. The highest BCUT2D eigenvalue weighted by Crippen LogP contribution is 2.28. The van der Waals surface area contributed by atoms with Crippen molar-refractivity contribution in [3.05, 3.63) is 54.4 Å². The van der Waals surface area contributed by atoms with Gasteiger partial charge in [-0.2, -0.15) is 0 Å². The minimum absolute atomic E-state index is 0.126. The van der Waals surface area contributed by atoms with E-state index in [-0.39, 0.29) is 17.6 Å². The second-order valence-corrected chi connectivity index (χ2v) is 7.19. The van der Waals surface area contributed by atoms with Crippen LogP contribution in [-0.2, 0) is 9.59 Å². The van der Waals surface area contributed by atoms with E-state index in [1.54, 1.807) is 24.5 Å². The summed E-state index contributed by atoms with van der Waals surface area (Å²) in [6.45, 7) is 3.42. The third-order valence-electron chi connectivity index (χ3n) is 3.97. The van der Waals surface area contributed by atoms with Gasteiger partial charge in [0.05, 0.1) is 24.2 Å². The Labute approximate surface area is 172 Å². The van der Waals surface area contributed by atoms with E-state index in [1.165, 1.54) is 25.8 Å². The van der Waals surface area contributed by atoms with Crippen LogP contribution in [0.4, 0.5) is 11.4 Å². The van der Waals surface area contributed by atoms with Crippen LogP contribution in [0.2, 0.25) is 0 Å². The lowest BCUT2D eigenvalue weighted by Gasteiger charge is -2.13. The Hall–Kier alpha value is -3.33. The maximum atomic E-state index is 12.5. The van der Waals surface area contributed by atoms with Gasteiger partial charge in [-0.15, -0.1) is 10.2 Å². The Morgan fingerprint density at radius 3 is 2.55 bits per heavy atom. The lowest BCUT2D eigenvalue weighted by Crippen LogP contribution is -2.17. The Balaban J connectivity index is 1.69. The lowest BCUT2D eigenvalue weighted by molar-refractivity contribution is -0.115. The van der Waals surface area contributed by atoms with Crippen LogP contribution in [0.15, 0.2) is 53.9 Å². The van der Waals surface area contributed by atoms with E-state index in [0.717, 1.165) is 11.3 Å². The van der Waals surface area contributed by atoms with E-state index in [4.69, 9.17) is 4.74 Å². The maximum absolute atomic E-state index is 12.5. The molecule has 8 nitrogen and oxygen atoms in total. The van der Waals surface area contributed by atoms with Crippen LogP contribution in [0.25, 0.3) is 5.69 Å². The number of nitrogens with zero attached hydrogens (tertiary/aromatic N) is 3. The molecule has 0 bridgehead atoms. The molecule has 0 aliphatic rings. The minimum Gasteiger partial charge on any atom is -0.497 e. The average molecular weight is 411 g/mol. The second-order valence-electron chi connectivity index (χ2n) is 6.25. The van der Waals surface area contributed by atoms with Gasteiger partial charge in [0.25, 0.3) is 0 Å². The maximum Gasteiger partial charge on any atom is 0.234 e. The van der Waals surface area contributed by atoms with Crippen LogP contribution in [0.3, 0.4) is 0 Å². The largest absolute Gasteiger partial charge is 0.497 e. The number of methoxy groups -OCH3 is 1. The fraction of sp³-hybridized carbons (Fsp3) is 0.200. The van der Waals surface area contributed by atoms with Crippen molar-refractivity contribution in [1.29, 1.82) is 0 Å². The zero-order valence-electron chi connectivity index (χ0n) is 16.3. The molecule has 1 heterocycles. The van der Waals surface area contributed by atoms with Crippen LogP contribution in [-0.4, -0.2) is 39.4 Å². The van der Waals surface area contributed by atoms with Crippen LogP contribution in [0, 0.1) is 6.92 Å². The van der Waals surface area contributed by atoms with Gasteiger partial charge >= 0.3 is 0 Å². The van der Waals surface area contributed by atoms with Crippen LogP contribution in [0.5, 0.6) is 5.75 Å². The number of hydrogen-bond donors (Lipinski definition) is 2. The molecule has 1 aromatic heterocycles. The van der Waals surface area contributed by atoms with Crippen molar-refractivity contribution in [2.75, 3.05) is 23.5 Å². The van der Waals surface area contributed by atoms with Crippen molar-refractivity contribution in [2.24, 2.45) is 0 Å². The molecule has 150 valence electrons. The summed E-state index contributed by atoms with van der Waals surface area (Å²) in [7, 11) is 1.53. The normalized spacial score (nSPS) is 10.4. The molecule has 0 aliphatic carbocycles. The van der Waals surface area contributed by atoms with Gasteiger partial charge in [0.1, 0.15) is 12.1 Å². The van der Waals surface area contributed by atoms with E-state index in [0.29, 0.717) is 22.3 Å². The summed E-state index contributed by atoms with van der Waals surface area (Å²) < 4.78 is 7.02. The number of thioether (sulfide) groups is 1. The molecule has 0 radical (unpaired) electrons. The summed E-state index contributed by atoms with van der Waals surface area (Å²) in [5.41, 5.74) is 3.04. The Kier molecular flexibility index (Phi) is 6.50. The van der Waals surface area contributed by atoms with Crippen molar-refractivity contribution in [2.45, 2.75) is 19.0 Å². The van der Waals surface area contributed by atoms with E-state index in [9.17, 15) is 9.59 Å². The number of ether oxygens (including phenoxy) is 1. The molecule has 3 rings (SSSR count). The first-order chi connectivity index (χ1) is 14.0. The third-order valence-corrected chi connectivity index (χ3v) is 4.92. The van der Waals surface area contributed by atoms with Crippen LogP contribution in [0.1, 0.15) is 12.5 Å². The van der Waals surface area contributed by atoms with E-state index >= 15 is 0 Å². The number of aromatic nitrogens is 3. The molecule has 0 saturated carbocycles. The molecule has 2 aromatic carbocycles. The Morgan fingerprint density at radius 2 is 1.86 bits per heavy atom. The smallest absolute Gasteiger partial charge is 0.234 e. The molecule has 0 saturated heterocycles. The molecule has 0 fully saturated rings. The molecule has 2 amide bonds. The van der Waals surface area contributed by atoms with E-state index < -0.39 is 0 Å². The standard InChI is InChI=1S/C20H21N5O3S/c1-13-4-6-15(7-5-13)25-12-21-24-20(25)29-11-19(27)23-18-10-16(28-3)8-9-17(18)22-14(2)26/h4-10,12H,11H2,1-3H3,(H,22,26)(H,23,27). The van der Waals surface area contributed by atoms with Gasteiger partial charge in [-0.05, 0) is 31.2 Å². The van der Waals surface area contributed by atoms with Crippen molar-refractivity contribution >= 4 is 35.0 Å². The number of anilines is 2. The second kappa shape index (κ2) is 9.24. The van der Waals surface area contributed by atoms with Gasteiger partial charge in [0.15, 0.2) is 5.16 Å². The summed E-state index contributed by atoms with van der Waals surface area (Å²) in [5, 5.41) is 14.2. The molecule has 0 spiro atoms. The minimum atomic E-state index is -0.242. The van der Waals surface area contributed by atoms with Crippen LogP contribution < -0.4 is 15.4 Å². The van der Waals surface area contributed by atoms with Crippen molar-refractivity contribution in [1.82, 2.24) is 14.8 Å². The van der Waals surface area contributed by atoms with Gasteiger partial charge in [-0.3, -0.25) is 14.2 Å². The topological polar surface area (TPSA) is 98.1 Å². The summed E-state index contributed by atoms with van der Waals surface area (Å²) in [6, 6.07) is 13.0. The molecule has 0 unspecified atom stereocenters. The summed E-state index contributed by atoms with van der Waals surface area (Å²) in [5.74, 6) is 0.224. The number of benzene rings is 2. The Bertz CT molecular complexity index is 1020. The summed E-state index contributed by atoms with van der Waals surface area (Å²) in [6.07, 6.45) is 1.61. The average Bonchev–Trinajstić information content (AvgIpc) is 3.16. The van der Waals surface area contributed by atoms with Gasteiger partial charge in [0.2, 0.25) is 11.8 Å². The fourth-order valence-electron chi connectivity index (χ4n) is 2.57. The molecule has 29 heavy (non-hydrogen) atoms. The number of carbonyl (C=O) groups excluding carboxylic acids is 2. The van der Waals surface area contributed by atoms with Crippen molar-refractivity contribution in [3.8, 4) is 11.4 Å². The van der Waals surface area contributed by atoms with Gasteiger partial charge in [-0.25, -0.2) is 0 Å². The first-order valence-corrected chi connectivity index (χ1v) is 9.80. The van der Waals surface area contributed by atoms with Gasteiger partial charge < -0.3 is 15.4 Å². The Morgan fingerprint density at radius 1 is 1.10 bits per heavy atom. The zero-order valence-corrected chi connectivity index (χ0v) is 17.1. The lowest BCUT2D eigenvalue weighted by atomic mass is 10.2. The number of amides is 2. The van der Waals surface area contributed by atoms with Gasteiger partial charge in [-0.1, -0.05) is 29.5 Å². The van der Waals surface area contributed by atoms with E-state index in [1.807, 2.05) is 35.8 Å². The van der Waals surface area contributed by atoms with Gasteiger partial charge in [0, 0.05) is 18.7 Å².